The number of carbonyl (C=O) groups is 1. The Kier molecular flexibility index (Phi) is 5.01. The van der Waals surface area contributed by atoms with Gasteiger partial charge in [-0.1, -0.05) is 6.07 Å². The summed E-state index contributed by atoms with van der Waals surface area (Å²) in [6, 6.07) is 6.01. The van der Waals surface area contributed by atoms with E-state index in [1.807, 2.05) is 36.9 Å². The zero-order chi connectivity index (χ0) is 12.8. The first-order chi connectivity index (χ1) is 8.75. The monoisotopic (exact) mass is 265 g/mol. The van der Waals surface area contributed by atoms with Gasteiger partial charge in [0.2, 0.25) is 5.91 Å². The van der Waals surface area contributed by atoms with E-state index in [-0.39, 0.29) is 11.9 Å². The molecule has 0 aliphatic carbocycles. The Morgan fingerprint density at radius 1 is 1.67 bits per heavy atom. The summed E-state index contributed by atoms with van der Waals surface area (Å²) in [5, 5.41) is 6.36. The molecule has 0 saturated carbocycles. The second-order valence-corrected chi connectivity index (χ2v) is 5.62. The molecule has 1 fully saturated rings. The van der Waals surface area contributed by atoms with Gasteiger partial charge in [-0.15, -0.1) is 0 Å². The van der Waals surface area contributed by atoms with Gasteiger partial charge in [0.1, 0.15) is 0 Å². The quantitative estimate of drug-likeness (QED) is 0.863. The van der Waals surface area contributed by atoms with Crippen molar-refractivity contribution in [3.05, 3.63) is 30.1 Å². The van der Waals surface area contributed by atoms with Crippen LogP contribution in [0.4, 0.5) is 0 Å². The summed E-state index contributed by atoms with van der Waals surface area (Å²) < 4.78 is 0. The number of aromatic nitrogens is 1. The van der Waals surface area contributed by atoms with Crippen molar-refractivity contribution in [1.29, 1.82) is 0 Å². The Balaban J connectivity index is 1.80. The number of nitrogens with one attached hydrogen (secondary N) is 2. The van der Waals surface area contributed by atoms with Crippen LogP contribution in [0.1, 0.15) is 25.1 Å². The van der Waals surface area contributed by atoms with Crippen LogP contribution < -0.4 is 10.6 Å². The lowest BCUT2D eigenvalue weighted by Crippen LogP contribution is -2.41. The first-order valence-electron chi connectivity index (χ1n) is 6.27. The zero-order valence-corrected chi connectivity index (χ0v) is 11.4. The van der Waals surface area contributed by atoms with E-state index in [0.29, 0.717) is 12.5 Å². The van der Waals surface area contributed by atoms with Crippen LogP contribution in [0.15, 0.2) is 24.4 Å². The molecule has 0 aromatic carbocycles. The van der Waals surface area contributed by atoms with Crippen molar-refractivity contribution in [3.63, 3.8) is 0 Å². The Hall–Kier alpha value is -1.07. The number of nitrogens with zero attached hydrogens (tertiary/aromatic N) is 1. The number of hydrogen-bond donors (Lipinski definition) is 2. The number of carbonyl (C=O) groups excluding carboxylic acids is 1. The van der Waals surface area contributed by atoms with Gasteiger partial charge in [-0.2, -0.15) is 11.8 Å². The molecule has 98 valence electrons. The van der Waals surface area contributed by atoms with E-state index in [1.54, 1.807) is 6.20 Å². The van der Waals surface area contributed by atoms with Crippen LogP contribution in [-0.2, 0) is 4.79 Å². The van der Waals surface area contributed by atoms with Gasteiger partial charge in [0.25, 0.3) is 0 Å². The molecule has 1 aliphatic rings. The maximum atomic E-state index is 11.9. The lowest BCUT2D eigenvalue weighted by Gasteiger charge is -2.23. The fourth-order valence-electron chi connectivity index (χ4n) is 1.98. The molecule has 2 N–H and O–H groups in total. The highest BCUT2D eigenvalue weighted by atomic mass is 32.2. The molecule has 18 heavy (non-hydrogen) atoms. The van der Waals surface area contributed by atoms with Gasteiger partial charge < -0.3 is 10.6 Å². The minimum Gasteiger partial charge on any atom is -0.348 e. The lowest BCUT2D eigenvalue weighted by molar-refractivity contribution is -0.122. The summed E-state index contributed by atoms with van der Waals surface area (Å²) in [5.74, 6) is 2.25. The van der Waals surface area contributed by atoms with E-state index in [0.717, 1.165) is 23.7 Å². The van der Waals surface area contributed by atoms with Gasteiger partial charge in [0.05, 0.1) is 11.7 Å². The predicted molar refractivity (Wildman–Crippen MR) is 74.5 cm³/mol. The van der Waals surface area contributed by atoms with Gasteiger partial charge in [0.15, 0.2) is 0 Å². The minimum atomic E-state index is -0.0325. The van der Waals surface area contributed by atoms with Crippen molar-refractivity contribution in [2.45, 2.75) is 25.4 Å². The third kappa shape index (κ3) is 3.99. The Bertz CT molecular complexity index is 379. The van der Waals surface area contributed by atoms with Crippen LogP contribution in [0.2, 0.25) is 0 Å². The standard InChI is InChI=1S/C13H19N3OS/c1-10(12-4-2-3-5-15-12)16-13(17)8-11-9-18-7-6-14-11/h2-5,10-11,14H,6-9H2,1H3,(H,16,17). The van der Waals surface area contributed by atoms with Crippen LogP contribution in [0.25, 0.3) is 0 Å². The van der Waals surface area contributed by atoms with Crippen molar-refractivity contribution in [1.82, 2.24) is 15.6 Å². The van der Waals surface area contributed by atoms with E-state index in [4.69, 9.17) is 0 Å². The van der Waals surface area contributed by atoms with E-state index < -0.39 is 0 Å². The van der Waals surface area contributed by atoms with Crippen molar-refractivity contribution >= 4 is 17.7 Å². The largest absolute Gasteiger partial charge is 0.348 e. The molecule has 2 heterocycles. The smallest absolute Gasteiger partial charge is 0.222 e. The average molecular weight is 265 g/mol. The van der Waals surface area contributed by atoms with Crippen molar-refractivity contribution in [2.24, 2.45) is 0 Å². The normalized spacial score (nSPS) is 21.3. The van der Waals surface area contributed by atoms with E-state index >= 15 is 0 Å². The fourth-order valence-corrected chi connectivity index (χ4v) is 2.93. The third-order valence-corrected chi connectivity index (χ3v) is 4.07. The van der Waals surface area contributed by atoms with Gasteiger partial charge in [-0.3, -0.25) is 9.78 Å². The predicted octanol–water partition coefficient (Wildman–Crippen LogP) is 1.35. The van der Waals surface area contributed by atoms with Crippen LogP contribution >= 0.6 is 11.8 Å². The molecule has 4 nitrogen and oxygen atoms in total. The molecule has 1 aliphatic heterocycles. The van der Waals surface area contributed by atoms with E-state index in [1.165, 1.54) is 0 Å². The lowest BCUT2D eigenvalue weighted by atomic mass is 10.1. The molecule has 0 bridgehead atoms. The maximum Gasteiger partial charge on any atom is 0.222 e. The fraction of sp³-hybridized carbons (Fsp3) is 0.538. The average Bonchev–Trinajstić information content (AvgIpc) is 2.40. The summed E-state index contributed by atoms with van der Waals surface area (Å²) in [7, 11) is 0. The Morgan fingerprint density at radius 2 is 2.56 bits per heavy atom. The minimum absolute atomic E-state index is 0.0325. The maximum absolute atomic E-state index is 11.9. The van der Waals surface area contributed by atoms with Gasteiger partial charge in [-0.05, 0) is 19.1 Å². The van der Waals surface area contributed by atoms with Gasteiger partial charge in [-0.25, -0.2) is 0 Å². The molecule has 1 amide bonds. The first-order valence-corrected chi connectivity index (χ1v) is 7.42. The van der Waals surface area contributed by atoms with Crippen molar-refractivity contribution in [3.8, 4) is 0 Å². The molecule has 0 radical (unpaired) electrons. The highest BCUT2D eigenvalue weighted by Gasteiger charge is 2.18. The molecule has 2 unspecified atom stereocenters. The van der Waals surface area contributed by atoms with Crippen molar-refractivity contribution in [2.75, 3.05) is 18.1 Å². The molecule has 5 heteroatoms. The topological polar surface area (TPSA) is 54.0 Å². The molecule has 2 rings (SSSR count). The number of thioether (sulfide) groups is 1. The Labute approximate surface area is 112 Å². The summed E-state index contributed by atoms with van der Waals surface area (Å²) in [5.41, 5.74) is 0.900. The molecule has 1 aromatic rings. The summed E-state index contributed by atoms with van der Waals surface area (Å²) >= 11 is 1.91. The van der Waals surface area contributed by atoms with Gasteiger partial charge in [0, 0.05) is 36.7 Å². The number of pyridine rings is 1. The number of amides is 1. The zero-order valence-electron chi connectivity index (χ0n) is 10.6. The Morgan fingerprint density at radius 3 is 3.22 bits per heavy atom. The molecular weight excluding hydrogens is 246 g/mol. The van der Waals surface area contributed by atoms with Crippen LogP contribution in [-0.4, -0.2) is 35.0 Å². The van der Waals surface area contributed by atoms with E-state index in [9.17, 15) is 4.79 Å². The summed E-state index contributed by atoms with van der Waals surface area (Å²) in [4.78, 5) is 16.2. The molecule has 0 spiro atoms. The number of hydrogen-bond acceptors (Lipinski definition) is 4. The molecular formula is C13H19N3OS. The first kappa shape index (κ1) is 13.4. The van der Waals surface area contributed by atoms with Gasteiger partial charge >= 0.3 is 0 Å². The highest BCUT2D eigenvalue weighted by molar-refractivity contribution is 7.99. The third-order valence-electron chi connectivity index (χ3n) is 2.94. The van der Waals surface area contributed by atoms with E-state index in [2.05, 4.69) is 15.6 Å². The molecule has 1 aromatic heterocycles. The van der Waals surface area contributed by atoms with Crippen molar-refractivity contribution < 1.29 is 4.79 Å². The highest BCUT2D eigenvalue weighted by Crippen LogP contribution is 2.12. The summed E-state index contributed by atoms with van der Waals surface area (Å²) in [6.07, 6.45) is 2.29. The molecule has 1 saturated heterocycles. The number of rotatable bonds is 4. The van der Waals surface area contributed by atoms with Crippen LogP contribution in [0, 0.1) is 0 Å². The van der Waals surface area contributed by atoms with Crippen LogP contribution in [0.5, 0.6) is 0 Å². The summed E-state index contributed by atoms with van der Waals surface area (Å²) in [6.45, 7) is 2.96. The second kappa shape index (κ2) is 6.75. The van der Waals surface area contributed by atoms with Crippen LogP contribution in [0.3, 0.4) is 0 Å². The molecule has 2 atom stereocenters. The second-order valence-electron chi connectivity index (χ2n) is 4.47. The SMILES string of the molecule is CC(NC(=O)CC1CSCCN1)c1ccccn1.